The summed E-state index contributed by atoms with van der Waals surface area (Å²) >= 11 is 12.1. The van der Waals surface area contributed by atoms with Crippen molar-refractivity contribution in [2.24, 2.45) is 0 Å². The fourth-order valence-corrected chi connectivity index (χ4v) is 3.52. The third kappa shape index (κ3) is 4.18. The second kappa shape index (κ2) is 8.15. The minimum absolute atomic E-state index is 0.0151. The van der Waals surface area contributed by atoms with Crippen LogP contribution in [0.15, 0.2) is 59.3 Å². The zero-order valence-electron chi connectivity index (χ0n) is 15.0. The average molecular weight is 404 g/mol. The van der Waals surface area contributed by atoms with Gasteiger partial charge in [0, 0.05) is 22.8 Å². The summed E-state index contributed by atoms with van der Waals surface area (Å²) in [5.41, 5.74) is 3.02. The van der Waals surface area contributed by atoms with Crippen LogP contribution in [0, 0.1) is 6.92 Å². The topological polar surface area (TPSA) is 46.6 Å². The zero-order valence-corrected chi connectivity index (χ0v) is 16.6. The monoisotopic (exact) mass is 403 g/mol. The maximum Gasteiger partial charge on any atom is 0.352 e. The molecule has 2 aromatic rings. The number of Topliss-reactive ketones (excluding diaryl/α,β-unsaturated/α-hetero) is 1. The highest BCUT2D eigenvalue weighted by molar-refractivity contribution is 6.42. The maximum atomic E-state index is 12.7. The molecule has 1 aliphatic rings. The highest BCUT2D eigenvalue weighted by atomic mass is 35.5. The van der Waals surface area contributed by atoms with Gasteiger partial charge >= 0.3 is 5.97 Å². The van der Waals surface area contributed by atoms with E-state index < -0.39 is 12.1 Å². The number of rotatable bonds is 6. The molecule has 0 spiro atoms. The van der Waals surface area contributed by atoms with E-state index in [1.165, 1.54) is 0 Å². The largest absolute Gasteiger partial charge is 0.451 e. The molecule has 27 heavy (non-hydrogen) atoms. The highest BCUT2D eigenvalue weighted by Gasteiger charge is 2.38. The number of hydrogen-bond acceptors (Lipinski definition) is 4. The van der Waals surface area contributed by atoms with Crippen LogP contribution in [-0.4, -0.2) is 24.4 Å². The Morgan fingerprint density at radius 2 is 1.85 bits per heavy atom. The van der Waals surface area contributed by atoms with Gasteiger partial charge in [0.15, 0.2) is 11.9 Å². The molecule has 0 bridgehead atoms. The van der Waals surface area contributed by atoms with Gasteiger partial charge in [0.2, 0.25) is 0 Å². The first-order chi connectivity index (χ1) is 12.9. The molecule has 6 heteroatoms. The van der Waals surface area contributed by atoms with E-state index in [9.17, 15) is 9.59 Å². The lowest BCUT2D eigenvalue weighted by molar-refractivity contribution is -0.139. The summed E-state index contributed by atoms with van der Waals surface area (Å²) in [6.07, 6.45) is -0.713. The standard InChI is InChI=1S/C21H19Cl2NO3/c1-3-24(16-6-4-5-13(2)11-16)20-18(27-21(26)19(20)23)12-17(25)14-7-9-15(22)10-8-14/h4-11,18H,3,12H2,1-2H3. The van der Waals surface area contributed by atoms with Gasteiger partial charge in [-0.15, -0.1) is 0 Å². The van der Waals surface area contributed by atoms with Crippen molar-refractivity contribution in [2.45, 2.75) is 26.4 Å². The number of ketones is 1. The van der Waals surface area contributed by atoms with Crippen LogP contribution in [0.1, 0.15) is 29.3 Å². The number of nitrogens with zero attached hydrogens (tertiary/aromatic N) is 1. The summed E-state index contributed by atoms with van der Waals surface area (Å²) in [5, 5.41) is 0.575. The Balaban J connectivity index is 1.90. The molecular formula is C21H19Cl2NO3. The number of carbonyl (C=O) groups is 2. The summed E-state index contributed by atoms with van der Waals surface area (Å²) < 4.78 is 5.40. The number of esters is 1. The minimum Gasteiger partial charge on any atom is -0.451 e. The van der Waals surface area contributed by atoms with E-state index in [-0.39, 0.29) is 17.2 Å². The smallest absolute Gasteiger partial charge is 0.352 e. The van der Waals surface area contributed by atoms with Crippen molar-refractivity contribution in [2.75, 3.05) is 11.4 Å². The van der Waals surface area contributed by atoms with Gasteiger partial charge in [0.1, 0.15) is 5.03 Å². The van der Waals surface area contributed by atoms with Gasteiger partial charge < -0.3 is 9.64 Å². The Hall–Kier alpha value is -2.30. The Bertz CT molecular complexity index is 906. The van der Waals surface area contributed by atoms with Crippen molar-refractivity contribution >= 4 is 40.6 Å². The second-order valence-corrected chi connectivity index (χ2v) is 7.13. The van der Waals surface area contributed by atoms with E-state index in [1.807, 2.05) is 43.0 Å². The number of ether oxygens (including phenoxy) is 1. The Morgan fingerprint density at radius 1 is 1.15 bits per heavy atom. The number of cyclic esters (lactones) is 1. The van der Waals surface area contributed by atoms with E-state index in [1.54, 1.807) is 24.3 Å². The predicted molar refractivity (Wildman–Crippen MR) is 107 cm³/mol. The van der Waals surface area contributed by atoms with Crippen LogP contribution in [0.3, 0.4) is 0 Å². The molecule has 0 aliphatic carbocycles. The van der Waals surface area contributed by atoms with Crippen LogP contribution in [0.5, 0.6) is 0 Å². The molecular weight excluding hydrogens is 385 g/mol. The van der Waals surface area contributed by atoms with Gasteiger partial charge in [-0.3, -0.25) is 4.79 Å². The minimum atomic E-state index is -0.728. The van der Waals surface area contributed by atoms with Crippen LogP contribution in [-0.2, 0) is 9.53 Å². The van der Waals surface area contributed by atoms with Crippen molar-refractivity contribution in [3.63, 3.8) is 0 Å². The first kappa shape index (κ1) is 19.5. The summed E-state index contributed by atoms with van der Waals surface area (Å²) in [6, 6.07) is 14.5. The van der Waals surface area contributed by atoms with E-state index in [4.69, 9.17) is 27.9 Å². The molecule has 1 atom stereocenters. The molecule has 1 heterocycles. The fourth-order valence-electron chi connectivity index (χ4n) is 3.12. The average Bonchev–Trinajstić information content (AvgIpc) is 2.91. The normalized spacial score (nSPS) is 16.4. The van der Waals surface area contributed by atoms with Crippen molar-refractivity contribution in [1.29, 1.82) is 0 Å². The molecule has 0 radical (unpaired) electrons. The van der Waals surface area contributed by atoms with Gasteiger partial charge in [0.05, 0.1) is 12.1 Å². The van der Waals surface area contributed by atoms with Crippen molar-refractivity contribution in [3.8, 4) is 0 Å². The summed E-state index contributed by atoms with van der Waals surface area (Å²) in [6.45, 7) is 4.53. The maximum absolute atomic E-state index is 12.7. The Kier molecular flexibility index (Phi) is 5.88. The van der Waals surface area contributed by atoms with Gasteiger partial charge in [-0.2, -0.15) is 0 Å². The molecule has 0 aromatic heterocycles. The number of carbonyl (C=O) groups excluding carboxylic acids is 2. The SMILES string of the molecule is CCN(C1=C(Cl)C(=O)OC1CC(=O)c1ccc(Cl)cc1)c1cccc(C)c1. The van der Waals surface area contributed by atoms with Gasteiger partial charge in [-0.05, 0) is 55.8 Å². The number of hydrogen-bond donors (Lipinski definition) is 0. The van der Waals surface area contributed by atoms with E-state index >= 15 is 0 Å². The number of anilines is 1. The summed E-state index contributed by atoms with van der Waals surface area (Å²) in [7, 11) is 0. The number of likely N-dealkylation sites (N-methyl/N-ethyl adjacent to an activating group) is 1. The molecule has 4 nitrogen and oxygen atoms in total. The van der Waals surface area contributed by atoms with E-state index in [0.29, 0.717) is 22.8 Å². The van der Waals surface area contributed by atoms with Crippen LogP contribution in [0.25, 0.3) is 0 Å². The van der Waals surface area contributed by atoms with Crippen LogP contribution in [0.2, 0.25) is 5.02 Å². The summed E-state index contributed by atoms with van der Waals surface area (Å²) in [4.78, 5) is 26.7. The molecule has 0 saturated heterocycles. The number of aryl methyl sites for hydroxylation is 1. The van der Waals surface area contributed by atoms with Crippen molar-refractivity contribution in [1.82, 2.24) is 0 Å². The molecule has 0 fully saturated rings. The lowest BCUT2D eigenvalue weighted by atomic mass is 10.0. The van der Waals surface area contributed by atoms with Crippen molar-refractivity contribution in [3.05, 3.63) is 75.4 Å². The number of benzene rings is 2. The molecule has 140 valence electrons. The van der Waals surface area contributed by atoms with Crippen molar-refractivity contribution < 1.29 is 14.3 Å². The molecule has 1 unspecified atom stereocenters. The van der Waals surface area contributed by atoms with Crippen LogP contribution in [0.4, 0.5) is 5.69 Å². The molecule has 0 N–H and O–H groups in total. The van der Waals surface area contributed by atoms with E-state index in [2.05, 4.69) is 0 Å². The van der Waals surface area contributed by atoms with Gasteiger partial charge in [-0.25, -0.2) is 4.79 Å². The van der Waals surface area contributed by atoms with E-state index in [0.717, 1.165) is 11.3 Å². The Labute approximate surface area is 168 Å². The van der Waals surface area contributed by atoms with Crippen LogP contribution < -0.4 is 4.90 Å². The molecule has 0 saturated carbocycles. The fraction of sp³-hybridized carbons (Fsp3) is 0.238. The van der Waals surface area contributed by atoms with Crippen LogP contribution >= 0.6 is 23.2 Å². The lowest BCUT2D eigenvalue weighted by Crippen LogP contribution is -2.30. The third-order valence-corrected chi connectivity index (χ3v) is 5.02. The zero-order chi connectivity index (χ0) is 19.6. The lowest BCUT2D eigenvalue weighted by Gasteiger charge is -2.28. The first-order valence-corrected chi connectivity index (χ1v) is 9.40. The first-order valence-electron chi connectivity index (χ1n) is 8.64. The van der Waals surface area contributed by atoms with Gasteiger partial charge in [-0.1, -0.05) is 35.3 Å². The Morgan fingerprint density at radius 3 is 2.48 bits per heavy atom. The quantitative estimate of drug-likeness (QED) is 0.495. The third-order valence-electron chi connectivity index (χ3n) is 4.42. The predicted octanol–water partition coefficient (Wildman–Crippen LogP) is 5.12. The summed E-state index contributed by atoms with van der Waals surface area (Å²) in [5.74, 6) is -0.750. The second-order valence-electron chi connectivity index (χ2n) is 6.31. The number of halogens is 2. The molecule has 3 rings (SSSR count). The molecule has 0 amide bonds. The van der Waals surface area contributed by atoms with Gasteiger partial charge in [0.25, 0.3) is 0 Å². The molecule has 1 aliphatic heterocycles. The molecule has 2 aromatic carbocycles. The highest BCUT2D eigenvalue weighted by Crippen LogP contribution is 2.34.